The predicted octanol–water partition coefficient (Wildman–Crippen LogP) is 2.56. The van der Waals surface area contributed by atoms with Crippen molar-refractivity contribution in [2.45, 2.75) is 6.18 Å². The lowest BCUT2D eigenvalue weighted by Gasteiger charge is -2.08. The fourth-order valence-corrected chi connectivity index (χ4v) is 1.58. The highest BCUT2D eigenvalue weighted by Gasteiger charge is 2.32. The van der Waals surface area contributed by atoms with Gasteiger partial charge in [0.05, 0.1) is 11.4 Å². The van der Waals surface area contributed by atoms with E-state index in [2.05, 4.69) is 22.3 Å². The Morgan fingerprint density at radius 3 is 2.65 bits per heavy atom. The minimum Gasteiger partial charge on any atom is -0.327 e. The van der Waals surface area contributed by atoms with Crippen LogP contribution in [0.2, 0.25) is 0 Å². The van der Waals surface area contributed by atoms with Crippen molar-refractivity contribution in [1.82, 2.24) is 19.7 Å². The molecule has 8 heteroatoms. The molecule has 1 N–H and O–H groups in total. The van der Waals surface area contributed by atoms with Crippen molar-refractivity contribution in [2.24, 2.45) is 7.05 Å². The lowest BCUT2D eigenvalue weighted by Crippen LogP contribution is -2.09. The number of nitrogens with one attached hydrogen (secondary N) is 1. The molecule has 0 saturated heterocycles. The number of H-pyrrole nitrogens is 1. The molecule has 2 aromatic heterocycles. The Morgan fingerprint density at radius 1 is 1.41 bits per heavy atom. The van der Waals surface area contributed by atoms with Crippen LogP contribution in [0, 0.1) is 4.77 Å². The number of alkyl halides is 3. The second kappa shape index (κ2) is 3.95. The second-order valence-corrected chi connectivity index (χ2v) is 3.71. The van der Waals surface area contributed by atoms with E-state index in [-0.39, 0.29) is 10.5 Å². The van der Waals surface area contributed by atoms with E-state index in [0.29, 0.717) is 5.69 Å². The molecule has 0 bridgehead atoms. The van der Waals surface area contributed by atoms with Crippen molar-refractivity contribution in [3.63, 3.8) is 0 Å². The van der Waals surface area contributed by atoms with Gasteiger partial charge in [0.25, 0.3) is 0 Å². The van der Waals surface area contributed by atoms with Gasteiger partial charge in [0, 0.05) is 13.2 Å². The van der Waals surface area contributed by atoms with Crippen LogP contribution in [-0.2, 0) is 13.2 Å². The highest BCUT2D eigenvalue weighted by Crippen LogP contribution is 2.29. The molecule has 90 valence electrons. The van der Waals surface area contributed by atoms with E-state index in [1.54, 1.807) is 13.1 Å². The summed E-state index contributed by atoms with van der Waals surface area (Å²) in [6.07, 6.45) is -3.01. The SMILES string of the molecule is Cn1nccc1-c1cc(C(F)(F)F)[nH]c(=S)n1. The number of rotatable bonds is 1. The Bertz CT molecular complexity index is 599. The minimum absolute atomic E-state index is 0.140. The van der Waals surface area contributed by atoms with Gasteiger partial charge in [-0.25, -0.2) is 4.98 Å². The van der Waals surface area contributed by atoms with Gasteiger partial charge in [-0.15, -0.1) is 0 Å². The molecule has 4 nitrogen and oxygen atoms in total. The molecule has 2 heterocycles. The Morgan fingerprint density at radius 2 is 2.12 bits per heavy atom. The molecule has 0 amide bonds. The summed E-state index contributed by atoms with van der Waals surface area (Å²) in [7, 11) is 1.62. The molecule has 2 rings (SSSR count). The standard InChI is InChI=1S/C9H7F3N4S/c1-16-6(2-3-13-16)5-4-7(9(10,11)12)15-8(17)14-5/h2-4H,1H3,(H,14,15,17). The highest BCUT2D eigenvalue weighted by molar-refractivity contribution is 7.71. The van der Waals surface area contributed by atoms with Gasteiger partial charge in [-0.05, 0) is 24.4 Å². The molecule has 0 aliphatic carbocycles. The first kappa shape index (κ1) is 11.8. The summed E-state index contributed by atoms with van der Waals surface area (Å²) in [5.74, 6) is 0. The fourth-order valence-electron chi connectivity index (χ4n) is 1.37. The smallest absolute Gasteiger partial charge is 0.327 e. The Kier molecular flexibility index (Phi) is 2.74. The third kappa shape index (κ3) is 2.36. The van der Waals surface area contributed by atoms with Crippen molar-refractivity contribution >= 4 is 12.2 Å². The molecule has 0 spiro atoms. The monoisotopic (exact) mass is 260 g/mol. The van der Waals surface area contributed by atoms with Crippen molar-refractivity contribution in [1.29, 1.82) is 0 Å². The largest absolute Gasteiger partial charge is 0.431 e. The maximum absolute atomic E-state index is 12.6. The van der Waals surface area contributed by atoms with Crippen LogP contribution in [0.15, 0.2) is 18.3 Å². The number of hydrogen-bond acceptors (Lipinski definition) is 3. The predicted molar refractivity (Wildman–Crippen MR) is 56.6 cm³/mol. The summed E-state index contributed by atoms with van der Waals surface area (Å²) in [5, 5.41) is 3.87. The summed E-state index contributed by atoms with van der Waals surface area (Å²) >= 11 is 4.68. The fraction of sp³-hybridized carbons (Fsp3) is 0.222. The maximum Gasteiger partial charge on any atom is 0.431 e. The molecule has 2 aromatic rings. The molecule has 0 aliphatic heterocycles. The first-order valence-electron chi connectivity index (χ1n) is 4.55. The Labute approximate surface area is 99.1 Å². The highest BCUT2D eigenvalue weighted by atomic mass is 32.1. The maximum atomic E-state index is 12.6. The number of nitrogens with zero attached hydrogens (tertiary/aromatic N) is 3. The van der Waals surface area contributed by atoms with Gasteiger partial charge in [0.2, 0.25) is 0 Å². The van der Waals surface area contributed by atoms with E-state index in [0.717, 1.165) is 6.07 Å². The zero-order valence-electron chi connectivity index (χ0n) is 8.62. The number of aromatic amines is 1. The molecular weight excluding hydrogens is 253 g/mol. The van der Waals surface area contributed by atoms with Crippen molar-refractivity contribution < 1.29 is 13.2 Å². The third-order valence-corrected chi connectivity index (χ3v) is 2.33. The van der Waals surface area contributed by atoms with E-state index in [1.165, 1.54) is 10.9 Å². The number of aryl methyl sites for hydroxylation is 1. The lowest BCUT2D eigenvalue weighted by molar-refractivity contribution is -0.141. The van der Waals surface area contributed by atoms with E-state index in [4.69, 9.17) is 0 Å². The molecular formula is C9H7F3N4S. The number of hydrogen-bond donors (Lipinski definition) is 1. The van der Waals surface area contributed by atoms with Gasteiger partial charge in [-0.1, -0.05) is 0 Å². The van der Waals surface area contributed by atoms with Crippen LogP contribution in [0.4, 0.5) is 13.2 Å². The van der Waals surface area contributed by atoms with Crippen LogP contribution in [0.25, 0.3) is 11.4 Å². The molecule has 0 unspecified atom stereocenters. The van der Waals surface area contributed by atoms with Crippen LogP contribution in [0.1, 0.15) is 5.69 Å². The first-order valence-corrected chi connectivity index (χ1v) is 4.95. The second-order valence-electron chi connectivity index (χ2n) is 3.32. The third-order valence-electron chi connectivity index (χ3n) is 2.13. The summed E-state index contributed by atoms with van der Waals surface area (Å²) in [6, 6.07) is 2.48. The minimum atomic E-state index is -4.48. The Balaban J connectivity index is 2.61. The average Bonchev–Trinajstić information content (AvgIpc) is 2.62. The molecule has 17 heavy (non-hydrogen) atoms. The Hall–Kier alpha value is -1.70. The summed E-state index contributed by atoms with van der Waals surface area (Å²) in [4.78, 5) is 5.87. The summed E-state index contributed by atoms with van der Waals surface area (Å²) in [5.41, 5.74) is -0.314. The van der Waals surface area contributed by atoms with Gasteiger partial charge >= 0.3 is 6.18 Å². The molecule has 0 fully saturated rings. The first-order chi connectivity index (χ1) is 7.88. The normalized spacial score (nSPS) is 11.8. The zero-order chi connectivity index (χ0) is 12.6. The lowest BCUT2D eigenvalue weighted by atomic mass is 10.2. The van der Waals surface area contributed by atoms with E-state index in [1.807, 2.05) is 4.98 Å². The van der Waals surface area contributed by atoms with E-state index in [9.17, 15) is 13.2 Å². The molecule has 0 radical (unpaired) electrons. The molecule has 0 aliphatic rings. The van der Waals surface area contributed by atoms with Crippen LogP contribution in [0.5, 0.6) is 0 Å². The molecule has 0 atom stereocenters. The van der Waals surface area contributed by atoms with Gasteiger partial charge in [0.15, 0.2) is 4.77 Å². The summed E-state index contributed by atoms with van der Waals surface area (Å²) < 4.78 is 38.9. The van der Waals surface area contributed by atoms with E-state index >= 15 is 0 Å². The van der Waals surface area contributed by atoms with Crippen molar-refractivity contribution in [2.75, 3.05) is 0 Å². The van der Waals surface area contributed by atoms with Gasteiger partial charge in [0.1, 0.15) is 5.69 Å². The molecule has 0 saturated carbocycles. The summed E-state index contributed by atoms with van der Waals surface area (Å²) in [6.45, 7) is 0. The van der Waals surface area contributed by atoms with Gasteiger partial charge in [-0.2, -0.15) is 18.3 Å². The number of aromatic nitrogens is 4. The average molecular weight is 260 g/mol. The van der Waals surface area contributed by atoms with Crippen molar-refractivity contribution in [3.8, 4) is 11.4 Å². The topological polar surface area (TPSA) is 46.5 Å². The quantitative estimate of drug-likeness (QED) is 0.801. The van der Waals surface area contributed by atoms with Crippen LogP contribution < -0.4 is 0 Å². The van der Waals surface area contributed by atoms with Gasteiger partial charge < -0.3 is 4.98 Å². The zero-order valence-corrected chi connectivity index (χ0v) is 9.43. The van der Waals surface area contributed by atoms with E-state index < -0.39 is 11.9 Å². The molecule has 0 aromatic carbocycles. The van der Waals surface area contributed by atoms with Crippen LogP contribution >= 0.6 is 12.2 Å². The van der Waals surface area contributed by atoms with Crippen molar-refractivity contribution in [3.05, 3.63) is 28.8 Å². The van der Waals surface area contributed by atoms with Crippen LogP contribution in [-0.4, -0.2) is 19.7 Å². The number of halogens is 3. The van der Waals surface area contributed by atoms with Gasteiger partial charge in [-0.3, -0.25) is 4.68 Å². The van der Waals surface area contributed by atoms with Crippen LogP contribution in [0.3, 0.4) is 0 Å².